The molecule has 1 aliphatic carbocycles. The van der Waals surface area contributed by atoms with Crippen LogP contribution in [0.4, 0.5) is 5.82 Å². The number of nitrogens with zero attached hydrogens (tertiary/aromatic N) is 4. The number of aryl methyl sites for hydroxylation is 3. The summed E-state index contributed by atoms with van der Waals surface area (Å²) in [7, 11) is 1.79. The van der Waals surface area contributed by atoms with E-state index in [4.69, 9.17) is 0 Å². The van der Waals surface area contributed by atoms with Gasteiger partial charge in [0.15, 0.2) is 5.82 Å². The zero-order valence-electron chi connectivity index (χ0n) is 11.8. The van der Waals surface area contributed by atoms with Gasteiger partial charge in [-0.25, -0.2) is 14.8 Å². The van der Waals surface area contributed by atoms with Crippen LogP contribution in [0, 0.1) is 0 Å². The van der Waals surface area contributed by atoms with Gasteiger partial charge in [0.2, 0.25) is 0 Å². The minimum atomic E-state index is -0.965. The van der Waals surface area contributed by atoms with E-state index >= 15 is 0 Å². The summed E-state index contributed by atoms with van der Waals surface area (Å²) < 4.78 is 1.61. The SMILES string of the molecule is Cn1cnc(CNc2nc3c(cc2C(=O)O)CCCC3)n1. The third-order valence-electron chi connectivity index (χ3n) is 3.59. The zero-order valence-corrected chi connectivity index (χ0v) is 11.8. The molecule has 2 aromatic rings. The minimum Gasteiger partial charge on any atom is -0.478 e. The monoisotopic (exact) mass is 287 g/mol. The van der Waals surface area contributed by atoms with Crippen molar-refractivity contribution in [2.75, 3.05) is 5.32 Å². The van der Waals surface area contributed by atoms with Crippen LogP contribution >= 0.6 is 0 Å². The summed E-state index contributed by atoms with van der Waals surface area (Å²) in [6.07, 6.45) is 5.62. The van der Waals surface area contributed by atoms with E-state index in [1.165, 1.54) is 0 Å². The average Bonchev–Trinajstić information content (AvgIpc) is 2.89. The third-order valence-corrected chi connectivity index (χ3v) is 3.59. The smallest absolute Gasteiger partial charge is 0.339 e. The van der Waals surface area contributed by atoms with Gasteiger partial charge in [-0.3, -0.25) is 4.68 Å². The van der Waals surface area contributed by atoms with Crippen molar-refractivity contribution in [3.63, 3.8) is 0 Å². The van der Waals surface area contributed by atoms with Crippen LogP contribution in [0.25, 0.3) is 0 Å². The lowest BCUT2D eigenvalue weighted by molar-refractivity contribution is 0.0697. The lowest BCUT2D eigenvalue weighted by Crippen LogP contribution is -2.14. The zero-order chi connectivity index (χ0) is 14.8. The lowest BCUT2D eigenvalue weighted by Gasteiger charge is -2.17. The number of aromatic carboxylic acids is 1. The van der Waals surface area contributed by atoms with Gasteiger partial charge in [-0.2, -0.15) is 5.10 Å². The predicted octanol–water partition coefficient (Wildman–Crippen LogP) is 1.40. The molecule has 0 unspecified atom stereocenters. The highest BCUT2D eigenvalue weighted by molar-refractivity contribution is 5.93. The molecule has 3 rings (SSSR count). The normalized spacial score (nSPS) is 13.8. The molecule has 1 aliphatic rings. The number of nitrogens with one attached hydrogen (secondary N) is 1. The fourth-order valence-corrected chi connectivity index (χ4v) is 2.56. The predicted molar refractivity (Wildman–Crippen MR) is 76.2 cm³/mol. The van der Waals surface area contributed by atoms with Gasteiger partial charge in [0.1, 0.15) is 17.7 Å². The number of fused-ring (bicyclic) bond motifs is 1. The molecule has 0 atom stereocenters. The fourth-order valence-electron chi connectivity index (χ4n) is 2.56. The molecule has 7 heteroatoms. The van der Waals surface area contributed by atoms with E-state index in [0.29, 0.717) is 18.2 Å². The standard InChI is InChI=1S/C14H17N5O2/c1-19-8-16-12(18-19)7-15-13-10(14(20)21)6-9-4-2-3-5-11(9)17-13/h6,8H,2-5,7H2,1H3,(H,15,17)(H,20,21). The average molecular weight is 287 g/mol. The maximum absolute atomic E-state index is 11.4. The Balaban J connectivity index is 1.87. The summed E-state index contributed by atoms with van der Waals surface area (Å²) in [5.41, 5.74) is 2.27. The lowest BCUT2D eigenvalue weighted by atomic mass is 9.95. The molecule has 0 spiro atoms. The Bertz CT molecular complexity index is 680. The molecule has 2 aromatic heterocycles. The van der Waals surface area contributed by atoms with Crippen LogP contribution in [0.3, 0.4) is 0 Å². The molecule has 7 nitrogen and oxygen atoms in total. The molecule has 21 heavy (non-hydrogen) atoms. The second-order valence-electron chi connectivity index (χ2n) is 5.19. The van der Waals surface area contributed by atoms with Crippen LogP contribution in [-0.2, 0) is 26.4 Å². The minimum absolute atomic E-state index is 0.214. The number of carbonyl (C=O) groups is 1. The van der Waals surface area contributed by atoms with Crippen LogP contribution in [0.5, 0.6) is 0 Å². The Hall–Kier alpha value is -2.44. The van der Waals surface area contributed by atoms with Crippen molar-refractivity contribution in [1.29, 1.82) is 0 Å². The second-order valence-corrected chi connectivity index (χ2v) is 5.19. The van der Waals surface area contributed by atoms with E-state index < -0.39 is 5.97 Å². The summed E-state index contributed by atoms with van der Waals surface area (Å²) in [6, 6.07) is 1.75. The van der Waals surface area contributed by atoms with Crippen molar-refractivity contribution < 1.29 is 9.90 Å². The number of carboxylic acid groups (broad SMARTS) is 1. The molecule has 0 aliphatic heterocycles. The quantitative estimate of drug-likeness (QED) is 0.883. The summed E-state index contributed by atoms with van der Waals surface area (Å²) >= 11 is 0. The van der Waals surface area contributed by atoms with E-state index in [-0.39, 0.29) is 5.56 Å². The van der Waals surface area contributed by atoms with Crippen molar-refractivity contribution in [3.05, 3.63) is 35.0 Å². The van der Waals surface area contributed by atoms with Gasteiger partial charge in [-0.15, -0.1) is 0 Å². The largest absolute Gasteiger partial charge is 0.478 e. The van der Waals surface area contributed by atoms with E-state index in [1.54, 1.807) is 24.1 Å². The number of hydrogen-bond acceptors (Lipinski definition) is 5. The molecule has 0 bridgehead atoms. The highest BCUT2D eigenvalue weighted by Gasteiger charge is 2.19. The summed E-state index contributed by atoms with van der Waals surface area (Å²) in [5.74, 6) is 0.0383. The van der Waals surface area contributed by atoms with Crippen LogP contribution in [0.2, 0.25) is 0 Å². The van der Waals surface area contributed by atoms with Crippen molar-refractivity contribution in [2.24, 2.45) is 7.05 Å². The van der Waals surface area contributed by atoms with Gasteiger partial charge < -0.3 is 10.4 Å². The van der Waals surface area contributed by atoms with Crippen molar-refractivity contribution in [3.8, 4) is 0 Å². The molecule has 2 N–H and O–H groups in total. The van der Waals surface area contributed by atoms with Crippen LogP contribution < -0.4 is 5.32 Å². The highest BCUT2D eigenvalue weighted by atomic mass is 16.4. The van der Waals surface area contributed by atoms with Gasteiger partial charge >= 0.3 is 5.97 Å². The van der Waals surface area contributed by atoms with Gasteiger partial charge in [0, 0.05) is 12.7 Å². The Morgan fingerprint density at radius 1 is 1.43 bits per heavy atom. The topological polar surface area (TPSA) is 92.9 Å². The number of pyridine rings is 1. The molecule has 0 amide bonds. The molecule has 0 radical (unpaired) electrons. The Labute approximate surface area is 122 Å². The first-order valence-electron chi connectivity index (χ1n) is 6.98. The molecule has 0 fully saturated rings. The maximum Gasteiger partial charge on any atom is 0.339 e. The molecule has 0 aromatic carbocycles. The van der Waals surface area contributed by atoms with E-state index in [2.05, 4.69) is 20.4 Å². The summed E-state index contributed by atoms with van der Waals surface area (Å²) in [5, 5.41) is 16.6. The number of carboxylic acids is 1. The third kappa shape index (κ3) is 2.86. The molecular weight excluding hydrogens is 270 g/mol. The van der Waals surface area contributed by atoms with E-state index in [0.717, 1.165) is 36.9 Å². The van der Waals surface area contributed by atoms with Crippen molar-refractivity contribution in [1.82, 2.24) is 19.7 Å². The van der Waals surface area contributed by atoms with Crippen molar-refractivity contribution in [2.45, 2.75) is 32.2 Å². The van der Waals surface area contributed by atoms with E-state index in [9.17, 15) is 9.90 Å². The number of aromatic nitrogens is 4. The number of anilines is 1. The Kier molecular flexibility index (Phi) is 3.55. The van der Waals surface area contributed by atoms with Crippen LogP contribution in [0.15, 0.2) is 12.4 Å². The summed E-state index contributed by atoms with van der Waals surface area (Å²) in [6.45, 7) is 0.354. The van der Waals surface area contributed by atoms with Gasteiger partial charge in [0.25, 0.3) is 0 Å². The number of rotatable bonds is 4. The van der Waals surface area contributed by atoms with Gasteiger partial charge in [0.05, 0.1) is 6.54 Å². The molecule has 0 saturated heterocycles. The van der Waals surface area contributed by atoms with Crippen molar-refractivity contribution >= 4 is 11.8 Å². The van der Waals surface area contributed by atoms with Gasteiger partial charge in [-0.05, 0) is 37.3 Å². The first-order chi connectivity index (χ1) is 10.1. The van der Waals surface area contributed by atoms with Crippen LogP contribution in [-0.4, -0.2) is 30.8 Å². The van der Waals surface area contributed by atoms with Crippen LogP contribution in [0.1, 0.15) is 40.3 Å². The molecular formula is C14H17N5O2. The van der Waals surface area contributed by atoms with E-state index in [1.807, 2.05) is 0 Å². The summed E-state index contributed by atoms with van der Waals surface area (Å²) in [4.78, 5) is 20.0. The maximum atomic E-state index is 11.4. The fraction of sp³-hybridized carbons (Fsp3) is 0.429. The van der Waals surface area contributed by atoms with Gasteiger partial charge in [-0.1, -0.05) is 0 Å². The molecule has 110 valence electrons. The first kappa shape index (κ1) is 13.5. The Morgan fingerprint density at radius 3 is 2.95 bits per heavy atom. The second kappa shape index (κ2) is 5.51. The Morgan fingerprint density at radius 2 is 2.24 bits per heavy atom. The molecule has 2 heterocycles. The number of hydrogen-bond donors (Lipinski definition) is 2. The highest BCUT2D eigenvalue weighted by Crippen LogP contribution is 2.25. The molecule has 0 saturated carbocycles. The first-order valence-corrected chi connectivity index (χ1v) is 6.98.